The average Bonchev–Trinajstić information content (AvgIpc) is 2.68. The van der Waals surface area contributed by atoms with Crippen LogP contribution in [0.4, 0.5) is 5.69 Å². The molecule has 6 heteroatoms. The fourth-order valence-electron chi connectivity index (χ4n) is 2.44. The zero-order valence-corrected chi connectivity index (χ0v) is 13.1. The Bertz CT molecular complexity index is 482. The first kappa shape index (κ1) is 16.1. The van der Waals surface area contributed by atoms with Crippen molar-refractivity contribution in [2.24, 2.45) is 0 Å². The number of halogens is 1. The lowest BCUT2D eigenvalue weighted by Crippen LogP contribution is -2.30. The van der Waals surface area contributed by atoms with E-state index in [4.69, 9.17) is 16.3 Å². The Labute approximate surface area is 130 Å². The molecule has 1 aliphatic heterocycles. The highest BCUT2D eigenvalue weighted by Gasteiger charge is 2.18. The van der Waals surface area contributed by atoms with Gasteiger partial charge in [0.25, 0.3) is 0 Å². The molecule has 2 N–H and O–H groups in total. The summed E-state index contributed by atoms with van der Waals surface area (Å²) < 4.78 is 5.03. The van der Waals surface area contributed by atoms with E-state index in [-0.39, 0.29) is 5.91 Å². The number of ether oxygens (including phenoxy) is 1. The van der Waals surface area contributed by atoms with Gasteiger partial charge in [-0.2, -0.15) is 0 Å². The van der Waals surface area contributed by atoms with Crippen molar-refractivity contribution in [3.8, 4) is 0 Å². The Kier molecular flexibility index (Phi) is 6.29. The molecule has 0 atom stereocenters. The Hall–Kier alpha value is -1.30. The maximum atomic E-state index is 11.5. The molecule has 1 fully saturated rings. The Morgan fingerprint density at radius 1 is 1.43 bits per heavy atom. The number of nitrogens with one attached hydrogen (secondary N) is 2. The summed E-state index contributed by atoms with van der Waals surface area (Å²) in [5.41, 5.74) is 2.17. The van der Waals surface area contributed by atoms with Gasteiger partial charge in [-0.1, -0.05) is 23.7 Å². The summed E-state index contributed by atoms with van der Waals surface area (Å²) in [6, 6.07) is 5.93. The highest BCUT2D eigenvalue weighted by Crippen LogP contribution is 2.30. The van der Waals surface area contributed by atoms with E-state index in [1.165, 1.54) is 0 Å². The summed E-state index contributed by atoms with van der Waals surface area (Å²) in [6.07, 6.45) is 0.502. The quantitative estimate of drug-likeness (QED) is 0.780. The van der Waals surface area contributed by atoms with E-state index in [1.54, 1.807) is 7.11 Å². The van der Waals surface area contributed by atoms with Crippen LogP contribution in [0.15, 0.2) is 18.2 Å². The lowest BCUT2D eigenvalue weighted by molar-refractivity contribution is -0.120. The largest absolute Gasteiger partial charge is 0.383 e. The van der Waals surface area contributed by atoms with Crippen LogP contribution in [0.1, 0.15) is 12.0 Å². The van der Waals surface area contributed by atoms with E-state index in [0.29, 0.717) is 26.1 Å². The number of carbonyl (C=O) groups excluding carboxylic acids is 1. The maximum Gasteiger partial charge on any atom is 0.221 e. The molecular weight excluding hydrogens is 290 g/mol. The molecule has 21 heavy (non-hydrogen) atoms. The third-order valence-electron chi connectivity index (χ3n) is 3.50. The standard InChI is InChI=1S/C15H22ClN3O2/c1-21-10-7-17-11-12-3-2-4-13(16)15(12)19-8-5-14(20)18-6-9-19/h2-4,17H,5-11H2,1H3,(H,18,20). The molecular formula is C15H22ClN3O2. The van der Waals surface area contributed by atoms with Crippen molar-refractivity contribution >= 4 is 23.2 Å². The highest BCUT2D eigenvalue weighted by atomic mass is 35.5. The second kappa shape index (κ2) is 8.22. The first-order valence-electron chi connectivity index (χ1n) is 7.21. The van der Waals surface area contributed by atoms with Crippen LogP contribution in [0, 0.1) is 0 Å². The zero-order chi connectivity index (χ0) is 15.1. The van der Waals surface area contributed by atoms with Crippen LogP contribution in [0.3, 0.4) is 0 Å². The van der Waals surface area contributed by atoms with Crippen molar-refractivity contribution in [3.63, 3.8) is 0 Å². The van der Waals surface area contributed by atoms with Crippen LogP contribution >= 0.6 is 11.6 Å². The number of anilines is 1. The fraction of sp³-hybridized carbons (Fsp3) is 0.533. The monoisotopic (exact) mass is 311 g/mol. The first-order valence-corrected chi connectivity index (χ1v) is 7.59. The van der Waals surface area contributed by atoms with Crippen LogP contribution < -0.4 is 15.5 Å². The summed E-state index contributed by atoms with van der Waals surface area (Å²) in [7, 11) is 1.69. The van der Waals surface area contributed by atoms with Crippen molar-refractivity contribution < 1.29 is 9.53 Å². The molecule has 0 saturated carbocycles. The molecule has 5 nitrogen and oxygen atoms in total. The number of benzene rings is 1. The fourth-order valence-corrected chi connectivity index (χ4v) is 2.76. The van der Waals surface area contributed by atoms with Crippen molar-refractivity contribution in [2.75, 3.05) is 44.8 Å². The second-order valence-electron chi connectivity index (χ2n) is 5.00. The molecule has 1 aliphatic rings. The van der Waals surface area contributed by atoms with Gasteiger partial charge in [0.15, 0.2) is 0 Å². The molecule has 0 bridgehead atoms. The first-order chi connectivity index (χ1) is 10.2. The van der Waals surface area contributed by atoms with Gasteiger partial charge in [-0.25, -0.2) is 0 Å². The normalized spacial score (nSPS) is 15.7. The molecule has 1 heterocycles. The Morgan fingerprint density at radius 2 is 2.29 bits per heavy atom. The summed E-state index contributed by atoms with van der Waals surface area (Å²) in [4.78, 5) is 13.7. The van der Waals surface area contributed by atoms with Crippen molar-refractivity contribution in [1.82, 2.24) is 10.6 Å². The Balaban J connectivity index is 2.10. The number of nitrogens with zero attached hydrogens (tertiary/aromatic N) is 1. The molecule has 0 aliphatic carbocycles. The topological polar surface area (TPSA) is 53.6 Å². The van der Waals surface area contributed by atoms with Crippen molar-refractivity contribution in [1.29, 1.82) is 0 Å². The SMILES string of the molecule is COCCNCc1cccc(Cl)c1N1CCNC(=O)CC1. The minimum absolute atomic E-state index is 0.101. The van der Waals surface area contributed by atoms with Gasteiger partial charge in [-0.3, -0.25) is 4.79 Å². The average molecular weight is 312 g/mol. The third-order valence-corrected chi connectivity index (χ3v) is 3.80. The van der Waals surface area contributed by atoms with Crippen molar-refractivity contribution in [2.45, 2.75) is 13.0 Å². The van der Waals surface area contributed by atoms with Gasteiger partial charge in [0.1, 0.15) is 0 Å². The molecule has 0 aromatic heterocycles. The van der Waals surface area contributed by atoms with Gasteiger partial charge in [-0.05, 0) is 11.6 Å². The summed E-state index contributed by atoms with van der Waals surface area (Å²) in [5, 5.41) is 6.96. The third kappa shape index (κ3) is 4.59. The van der Waals surface area contributed by atoms with Crippen molar-refractivity contribution in [3.05, 3.63) is 28.8 Å². The highest BCUT2D eigenvalue weighted by molar-refractivity contribution is 6.33. The van der Waals surface area contributed by atoms with E-state index in [0.717, 1.165) is 35.9 Å². The lowest BCUT2D eigenvalue weighted by Gasteiger charge is -2.26. The summed E-state index contributed by atoms with van der Waals surface area (Å²) >= 11 is 6.39. The van der Waals surface area contributed by atoms with E-state index in [1.807, 2.05) is 12.1 Å². The predicted molar refractivity (Wildman–Crippen MR) is 84.9 cm³/mol. The molecule has 1 aromatic carbocycles. The van der Waals surface area contributed by atoms with Crippen LogP contribution in [0.2, 0.25) is 5.02 Å². The Morgan fingerprint density at radius 3 is 3.10 bits per heavy atom. The molecule has 116 valence electrons. The molecule has 2 rings (SSSR count). The van der Waals surface area contributed by atoms with E-state index >= 15 is 0 Å². The number of hydrogen-bond donors (Lipinski definition) is 2. The van der Waals surface area contributed by atoms with Crippen LogP contribution in [-0.2, 0) is 16.1 Å². The van der Waals surface area contributed by atoms with E-state index < -0.39 is 0 Å². The molecule has 1 aromatic rings. The number of hydrogen-bond acceptors (Lipinski definition) is 4. The van der Waals surface area contributed by atoms with Gasteiger partial charge < -0.3 is 20.3 Å². The lowest BCUT2D eigenvalue weighted by atomic mass is 10.1. The van der Waals surface area contributed by atoms with Crippen LogP contribution in [0.5, 0.6) is 0 Å². The zero-order valence-electron chi connectivity index (χ0n) is 12.3. The van der Waals surface area contributed by atoms with Gasteiger partial charge in [0, 0.05) is 46.3 Å². The second-order valence-corrected chi connectivity index (χ2v) is 5.41. The van der Waals surface area contributed by atoms with Gasteiger partial charge in [0.2, 0.25) is 5.91 Å². The molecule has 1 amide bonds. The van der Waals surface area contributed by atoms with Gasteiger partial charge in [0.05, 0.1) is 17.3 Å². The van der Waals surface area contributed by atoms with E-state index in [9.17, 15) is 4.79 Å². The number of amides is 1. The number of rotatable bonds is 6. The molecule has 0 unspecified atom stereocenters. The molecule has 0 spiro atoms. The van der Waals surface area contributed by atoms with Crippen LogP contribution in [0.25, 0.3) is 0 Å². The van der Waals surface area contributed by atoms with Crippen LogP contribution in [-0.4, -0.2) is 45.8 Å². The summed E-state index contributed by atoms with van der Waals surface area (Å²) in [6.45, 7) is 4.33. The van der Waals surface area contributed by atoms with Gasteiger partial charge >= 0.3 is 0 Å². The molecule has 1 saturated heterocycles. The summed E-state index contributed by atoms with van der Waals surface area (Å²) in [5.74, 6) is 0.101. The minimum Gasteiger partial charge on any atom is -0.383 e. The number of methoxy groups -OCH3 is 1. The number of para-hydroxylation sites is 1. The number of carbonyl (C=O) groups is 1. The maximum absolute atomic E-state index is 11.5. The van der Waals surface area contributed by atoms with Gasteiger partial charge in [-0.15, -0.1) is 0 Å². The predicted octanol–water partition coefficient (Wildman–Crippen LogP) is 1.40. The van der Waals surface area contributed by atoms with E-state index in [2.05, 4.69) is 21.6 Å². The molecule has 0 radical (unpaired) electrons. The smallest absolute Gasteiger partial charge is 0.221 e. The minimum atomic E-state index is 0.101.